The molecule has 0 heterocycles. The Kier molecular flexibility index (Phi) is 3.48. The van der Waals surface area contributed by atoms with Crippen LogP contribution < -0.4 is 0 Å². The van der Waals surface area contributed by atoms with Gasteiger partial charge in [-0.05, 0) is 31.3 Å². The SMILES string of the molecule is CC/C(C(=O)O)=C1\CCCC1OC. The van der Waals surface area contributed by atoms with Gasteiger partial charge >= 0.3 is 5.97 Å². The molecule has 1 rings (SSSR count). The molecule has 13 heavy (non-hydrogen) atoms. The number of carboxylic acids is 1. The van der Waals surface area contributed by atoms with Crippen molar-refractivity contribution in [2.45, 2.75) is 38.7 Å². The third-order valence-electron chi connectivity index (χ3n) is 2.58. The maximum absolute atomic E-state index is 10.9. The molecule has 0 bridgehead atoms. The summed E-state index contributed by atoms with van der Waals surface area (Å²) in [7, 11) is 1.64. The normalized spacial score (nSPS) is 26.2. The number of hydrogen-bond acceptors (Lipinski definition) is 2. The van der Waals surface area contributed by atoms with Crippen LogP contribution in [0.25, 0.3) is 0 Å². The van der Waals surface area contributed by atoms with Crippen molar-refractivity contribution in [3.63, 3.8) is 0 Å². The van der Waals surface area contributed by atoms with E-state index < -0.39 is 5.97 Å². The predicted molar refractivity (Wildman–Crippen MR) is 49.6 cm³/mol. The highest BCUT2D eigenvalue weighted by atomic mass is 16.5. The summed E-state index contributed by atoms with van der Waals surface area (Å²) in [6, 6.07) is 0. The van der Waals surface area contributed by atoms with Gasteiger partial charge < -0.3 is 9.84 Å². The Hall–Kier alpha value is -0.830. The lowest BCUT2D eigenvalue weighted by molar-refractivity contribution is -0.132. The van der Waals surface area contributed by atoms with Gasteiger partial charge in [0.1, 0.15) is 0 Å². The summed E-state index contributed by atoms with van der Waals surface area (Å²) in [4.78, 5) is 10.9. The lowest BCUT2D eigenvalue weighted by Crippen LogP contribution is -2.13. The summed E-state index contributed by atoms with van der Waals surface area (Å²) in [5, 5.41) is 8.93. The Morgan fingerprint density at radius 1 is 1.69 bits per heavy atom. The van der Waals surface area contributed by atoms with E-state index >= 15 is 0 Å². The van der Waals surface area contributed by atoms with Gasteiger partial charge in [0.25, 0.3) is 0 Å². The molecule has 1 saturated carbocycles. The molecule has 0 aromatic rings. The highest BCUT2D eigenvalue weighted by molar-refractivity contribution is 5.87. The van der Waals surface area contributed by atoms with Crippen LogP contribution in [0.5, 0.6) is 0 Å². The van der Waals surface area contributed by atoms with E-state index in [9.17, 15) is 4.79 Å². The summed E-state index contributed by atoms with van der Waals surface area (Å²) in [5.41, 5.74) is 1.54. The summed E-state index contributed by atoms with van der Waals surface area (Å²) in [5.74, 6) is -0.790. The third-order valence-corrected chi connectivity index (χ3v) is 2.58. The fourth-order valence-electron chi connectivity index (χ4n) is 1.93. The standard InChI is InChI=1S/C10H16O3/c1-3-7(10(11)12)8-5-4-6-9(8)13-2/h9H,3-6H2,1-2H3,(H,11,12)/b8-7-. The first-order valence-corrected chi connectivity index (χ1v) is 4.68. The second-order valence-electron chi connectivity index (χ2n) is 3.28. The Morgan fingerprint density at radius 2 is 2.38 bits per heavy atom. The molecule has 0 amide bonds. The Balaban J connectivity index is 2.91. The van der Waals surface area contributed by atoms with Crippen LogP contribution in [-0.4, -0.2) is 24.3 Å². The lowest BCUT2D eigenvalue weighted by Gasteiger charge is -2.12. The van der Waals surface area contributed by atoms with Crippen LogP contribution in [0.15, 0.2) is 11.1 Å². The number of carboxylic acid groups (broad SMARTS) is 1. The van der Waals surface area contributed by atoms with Gasteiger partial charge in [0.2, 0.25) is 0 Å². The first kappa shape index (κ1) is 10.3. The zero-order valence-corrected chi connectivity index (χ0v) is 8.17. The second kappa shape index (κ2) is 4.42. The van der Waals surface area contributed by atoms with Gasteiger partial charge in [0, 0.05) is 12.7 Å². The topological polar surface area (TPSA) is 46.5 Å². The average Bonchev–Trinajstić information content (AvgIpc) is 2.53. The number of rotatable bonds is 3. The third kappa shape index (κ3) is 2.10. The molecule has 0 aromatic carbocycles. The molecule has 1 aliphatic rings. The van der Waals surface area contributed by atoms with Crippen molar-refractivity contribution in [1.29, 1.82) is 0 Å². The van der Waals surface area contributed by atoms with Crippen molar-refractivity contribution in [2.24, 2.45) is 0 Å². The van der Waals surface area contributed by atoms with Crippen molar-refractivity contribution in [2.75, 3.05) is 7.11 Å². The molecule has 74 valence electrons. The zero-order valence-electron chi connectivity index (χ0n) is 8.17. The Bertz CT molecular complexity index is 230. The minimum absolute atomic E-state index is 0.0473. The lowest BCUT2D eigenvalue weighted by atomic mass is 10.0. The van der Waals surface area contributed by atoms with Crippen LogP contribution >= 0.6 is 0 Å². The van der Waals surface area contributed by atoms with Gasteiger partial charge in [-0.15, -0.1) is 0 Å². The van der Waals surface area contributed by atoms with E-state index in [1.165, 1.54) is 0 Å². The molecule has 1 fully saturated rings. The van der Waals surface area contributed by atoms with E-state index in [1.807, 2.05) is 6.92 Å². The van der Waals surface area contributed by atoms with Crippen molar-refractivity contribution in [1.82, 2.24) is 0 Å². The molecule has 3 nitrogen and oxygen atoms in total. The molecular formula is C10H16O3. The zero-order chi connectivity index (χ0) is 9.84. The van der Waals surface area contributed by atoms with Crippen LogP contribution in [0.2, 0.25) is 0 Å². The molecule has 0 aromatic heterocycles. The average molecular weight is 184 g/mol. The summed E-state index contributed by atoms with van der Waals surface area (Å²) >= 11 is 0. The van der Waals surface area contributed by atoms with Gasteiger partial charge in [-0.2, -0.15) is 0 Å². The van der Waals surface area contributed by atoms with Crippen molar-refractivity contribution < 1.29 is 14.6 Å². The van der Waals surface area contributed by atoms with Crippen LogP contribution in [0, 0.1) is 0 Å². The first-order valence-electron chi connectivity index (χ1n) is 4.68. The van der Waals surface area contributed by atoms with Gasteiger partial charge in [-0.1, -0.05) is 6.92 Å². The van der Waals surface area contributed by atoms with E-state index in [4.69, 9.17) is 9.84 Å². The Labute approximate surface area is 78.4 Å². The van der Waals surface area contributed by atoms with Crippen LogP contribution in [-0.2, 0) is 9.53 Å². The van der Waals surface area contributed by atoms with E-state index in [0.29, 0.717) is 12.0 Å². The summed E-state index contributed by atoms with van der Waals surface area (Å²) in [6.07, 6.45) is 3.53. The maximum atomic E-state index is 10.9. The molecular weight excluding hydrogens is 168 g/mol. The van der Waals surface area contributed by atoms with Crippen molar-refractivity contribution in [3.8, 4) is 0 Å². The second-order valence-corrected chi connectivity index (χ2v) is 3.28. The molecule has 1 aliphatic carbocycles. The smallest absolute Gasteiger partial charge is 0.331 e. The van der Waals surface area contributed by atoms with Crippen LogP contribution in [0.1, 0.15) is 32.6 Å². The number of aliphatic carboxylic acids is 1. The molecule has 0 saturated heterocycles. The molecule has 0 spiro atoms. The van der Waals surface area contributed by atoms with Crippen LogP contribution in [0.4, 0.5) is 0 Å². The Morgan fingerprint density at radius 3 is 2.85 bits per heavy atom. The number of carbonyl (C=O) groups is 1. The number of hydrogen-bond donors (Lipinski definition) is 1. The predicted octanol–water partition coefficient (Wildman–Crippen LogP) is 1.98. The van der Waals surface area contributed by atoms with Gasteiger partial charge in [-0.25, -0.2) is 4.79 Å². The van der Waals surface area contributed by atoms with E-state index in [2.05, 4.69) is 0 Å². The molecule has 1 atom stereocenters. The van der Waals surface area contributed by atoms with Crippen molar-refractivity contribution >= 4 is 5.97 Å². The van der Waals surface area contributed by atoms with E-state index in [-0.39, 0.29) is 6.10 Å². The summed E-state index contributed by atoms with van der Waals surface area (Å²) < 4.78 is 5.24. The van der Waals surface area contributed by atoms with E-state index in [1.54, 1.807) is 7.11 Å². The van der Waals surface area contributed by atoms with Gasteiger partial charge in [-0.3, -0.25) is 0 Å². The number of ether oxygens (including phenoxy) is 1. The molecule has 1 N–H and O–H groups in total. The van der Waals surface area contributed by atoms with Gasteiger partial charge in [0.05, 0.1) is 6.10 Å². The van der Waals surface area contributed by atoms with Crippen molar-refractivity contribution in [3.05, 3.63) is 11.1 Å². The number of methoxy groups -OCH3 is 1. The maximum Gasteiger partial charge on any atom is 0.331 e. The molecule has 3 heteroatoms. The molecule has 0 radical (unpaired) electrons. The first-order chi connectivity index (χ1) is 6.20. The quantitative estimate of drug-likeness (QED) is 0.682. The highest BCUT2D eigenvalue weighted by Crippen LogP contribution is 2.30. The fourth-order valence-corrected chi connectivity index (χ4v) is 1.93. The van der Waals surface area contributed by atoms with Crippen LogP contribution in [0.3, 0.4) is 0 Å². The molecule has 0 aliphatic heterocycles. The highest BCUT2D eigenvalue weighted by Gasteiger charge is 2.25. The monoisotopic (exact) mass is 184 g/mol. The summed E-state index contributed by atoms with van der Waals surface area (Å²) in [6.45, 7) is 1.88. The largest absolute Gasteiger partial charge is 0.478 e. The minimum atomic E-state index is -0.790. The molecule has 1 unspecified atom stereocenters. The minimum Gasteiger partial charge on any atom is -0.478 e. The van der Waals surface area contributed by atoms with E-state index in [0.717, 1.165) is 24.8 Å². The van der Waals surface area contributed by atoms with Gasteiger partial charge in [0.15, 0.2) is 0 Å². The fraction of sp³-hybridized carbons (Fsp3) is 0.700.